The Balaban J connectivity index is 1.76. The Hall–Kier alpha value is -2.41. The van der Waals surface area contributed by atoms with E-state index in [9.17, 15) is 13.2 Å². The molecule has 0 N–H and O–H groups in total. The van der Waals surface area contributed by atoms with E-state index in [0.717, 1.165) is 11.5 Å². The van der Waals surface area contributed by atoms with Gasteiger partial charge in [-0.05, 0) is 37.6 Å². The lowest BCUT2D eigenvalue weighted by molar-refractivity contribution is 0.0708. The predicted octanol–water partition coefficient (Wildman–Crippen LogP) is 2.50. The number of amides is 1. The molecule has 1 aliphatic heterocycles. The number of rotatable bonds is 5. The van der Waals surface area contributed by atoms with Gasteiger partial charge >= 0.3 is 0 Å². The van der Waals surface area contributed by atoms with Crippen LogP contribution in [0.2, 0.25) is 0 Å². The molecule has 1 fully saturated rings. The third-order valence-electron chi connectivity index (χ3n) is 4.73. The van der Waals surface area contributed by atoms with E-state index in [1.165, 1.54) is 0 Å². The Morgan fingerprint density at radius 1 is 1.19 bits per heavy atom. The maximum absolute atomic E-state index is 12.8. The molecule has 0 saturated carbocycles. The van der Waals surface area contributed by atoms with Crippen molar-refractivity contribution >= 4 is 27.2 Å². The monoisotopic (exact) mass is 373 g/mol. The van der Waals surface area contributed by atoms with Gasteiger partial charge in [0, 0.05) is 31.5 Å². The van der Waals surface area contributed by atoms with Gasteiger partial charge in [-0.15, -0.1) is 0 Å². The second-order valence-corrected chi connectivity index (χ2v) is 8.68. The van der Waals surface area contributed by atoms with Crippen LogP contribution in [0.1, 0.15) is 23.7 Å². The van der Waals surface area contributed by atoms with E-state index >= 15 is 0 Å². The fraction of sp³-hybridized carbons (Fsp3) is 0.368. The van der Waals surface area contributed by atoms with Crippen LogP contribution in [0.15, 0.2) is 48.7 Å². The first-order valence-electron chi connectivity index (χ1n) is 8.67. The molecule has 1 unspecified atom stereocenters. The van der Waals surface area contributed by atoms with E-state index < -0.39 is 9.84 Å². The van der Waals surface area contributed by atoms with Gasteiger partial charge in [0.25, 0.3) is 5.91 Å². The number of carbonyl (C=O) groups excluding carboxylic acids is 1. The number of sulfone groups is 1. The zero-order valence-electron chi connectivity index (χ0n) is 15.0. The number of aromatic nitrogens is 1. The summed E-state index contributed by atoms with van der Waals surface area (Å²) in [5.74, 6) is 0.769. The number of anilines is 2. The Morgan fingerprint density at radius 3 is 2.46 bits per heavy atom. The minimum absolute atomic E-state index is 0.0504. The van der Waals surface area contributed by atoms with Gasteiger partial charge in [-0.3, -0.25) is 4.79 Å². The molecule has 7 heteroatoms. The molecule has 1 aromatic carbocycles. The van der Waals surface area contributed by atoms with E-state index in [-0.39, 0.29) is 23.5 Å². The van der Waals surface area contributed by atoms with Crippen molar-refractivity contribution < 1.29 is 13.2 Å². The molecule has 1 amide bonds. The predicted molar refractivity (Wildman–Crippen MR) is 103 cm³/mol. The maximum Gasteiger partial charge on any atom is 0.255 e. The number of pyridine rings is 1. The summed E-state index contributed by atoms with van der Waals surface area (Å²) in [5, 5.41) is 0. The molecule has 0 aliphatic carbocycles. The number of benzene rings is 1. The number of hydrogen-bond donors (Lipinski definition) is 0. The molecule has 1 atom stereocenters. The smallest absolute Gasteiger partial charge is 0.255 e. The van der Waals surface area contributed by atoms with Crippen molar-refractivity contribution in [2.75, 3.05) is 30.0 Å². The normalized spacial score (nSPS) is 18.5. The molecule has 2 aromatic rings. The van der Waals surface area contributed by atoms with Crippen LogP contribution in [0.3, 0.4) is 0 Å². The first-order chi connectivity index (χ1) is 12.4. The molecule has 6 nitrogen and oxygen atoms in total. The van der Waals surface area contributed by atoms with Crippen molar-refractivity contribution in [3.8, 4) is 0 Å². The highest BCUT2D eigenvalue weighted by Gasteiger charge is 2.34. The lowest BCUT2D eigenvalue weighted by Crippen LogP contribution is -2.41. The summed E-state index contributed by atoms with van der Waals surface area (Å²) in [4.78, 5) is 20.8. The lowest BCUT2D eigenvalue weighted by Gasteiger charge is -2.27. The molecular formula is C19H23N3O3S. The summed E-state index contributed by atoms with van der Waals surface area (Å²) >= 11 is 0. The Labute approximate surface area is 154 Å². The van der Waals surface area contributed by atoms with Crippen molar-refractivity contribution in [1.82, 2.24) is 9.88 Å². The summed E-state index contributed by atoms with van der Waals surface area (Å²) in [6, 6.07) is 13.1. The maximum atomic E-state index is 12.8. The second-order valence-electron chi connectivity index (χ2n) is 6.45. The number of nitrogens with zero attached hydrogens (tertiary/aromatic N) is 3. The highest BCUT2D eigenvalue weighted by Crippen LogP contribution is 2.23. The summed E-state index contributed by atoms with van der Waals surface area (Å²) < 4.78 is 23.4. The van der Waals surface area contributed by atoms with E-state index in [0.29, 0.717) is 18.5 Å². The van der Waals surface area contributed by atoms with Gasteiger partial charge < -0.3 is 9.80 Å². The van der Waals surface area contributed by atoms with Gasteiger partial charge in [-0.2, -0.15) is 0 Å². The van der Waals surface area contributed by atoms with Crippen molar-refractivity contribution in [2.24, 2.45) is 0 Å². The first kappa shape index (κ1) is 18.4. The van der Waals surface area contributed by atoms with Crippen molar-refractivity contribution in [2.45, 2.75) is 19.4 Å². The molecular weight excluding hydrogens is 350 g/mol. The summed E-state index contributed by atoms with van der Waals surface area (Å²) in [6.45, 7) is 2.35. The standard InChI is InChI=1S/C19H23N3O3S/c1-3-22(17-11-12-26(24,25)14-17)19(23)15-9-10-18(20-13-15)21(2)16-7-5-4-6-8-16/h4-10,13,17H,3,11-12,14H2,1-2H3. The largest absolute Gasteiger partial charge is 0.335 e. The van der Waals surface area contributed by atoms with Crippen LogP contribution in [-0.4, -0.2) is 55.3 Å². The van der Waals surface area contributed by atoms with Gasteiger partial charge in [-0.1, -0.05) is 18.2 Å². The van der Waals surface area contributed by atoms with Crippen LogP contribution in [0.4, 0.5) is 11.5 Å². The van der Waals surface area contributed by atoms with Crippen LogP contribution >= 0.6 is 0 Å². The van der Waals surface area contributed by atoms with E-state index in [4.69, 9.17) is 0 Å². The topological polar surface area (TPSA) is 70.6 Å². The van der Waals surface area contributed by atoms with Crippen molar-refractivity contribution in [3.63, 3.8) is 0 Å². The number of para-hydroxylation sites is 1. The highest BCUT2D eigenvalue weighted by molar-refractivity contribution is 7.91. The third kappa shape index (κ3) is 3.88. The lowest BCUT2D eigenvalue weighted by atomic mass is 10.1. The van der Waals surface area contributed by atoms with Gasteiger partial charge in [-0.25, -0.2) is 13.4 Å². The molecule has 26 heavy (non-hydrogen) atoms. The average Bonchev–Trinajstić information content (AvgIpc) is 3.02. The number of hydrogen-bond acceptors (Lipinski definition) is 5. The fourth-order valence-electron chi connectivity index (χ4n) is 3.25. The molecule has 2 heterocycles. The van der Waals surface area contributed by atoms with Crippen molar-refractivity contribution in [1.29, 1.82) is 0 Å². The molecule has 1 saturated heterocycles. The van der Waals surface area contributed by atoms with Gasteiger partial charge in [0.2, 0.25) is 0 Å². The average molecular weight is 373 g/mol. The molecule has 0 spiro atoms. The van der Waals surface area contributed by atoms with E-state index in [1.807, 2.05) is 49.2 Å². The fourth-order valence-corrected chi connectivity index (χ4v) is 4.98. The quantitative estimate of drug-likeness (QED) is 0.805. The zero-order chi connectivity index (χ0) is 18.7. The van der Waals surface area contributed by atoms with E-state index in [2.05, 4.69) is 4.98 Å². The summed E-state index contributed by atoms with van der Waals surface area (Å²) in [6.07, 6.45) is 2.06. The zero-order valence-corrected chi connectivity index (χ0v) is 15.8. The molecule has 138 valence electrons. The highest BCUT2D eigenvalue weighted by atomic mass is 32.2. The second kappa shape index (κ2) is 7.45. The van der Waals surface area contributed by atoms with Crippen molar-refractivity contribution in [3.05, 3.63) is 54.2 Å². The van der Waals surface area contributed by atoms with Gasteiger partial charge in [0.05, 0.1) is 17.1 Å². The summed E-state index contributed by atoms with van der Waals surface area (Å²) in [5.41, 5.74) is 1.48. The molecule has 1 aliphatic rings. The van der Waals surface area contributed by atoms with Crippen LogP contribution in [0.5, 0.6) is 0 Å². The van der Waals surface area contributed by atoms with E-state index in [1.54, 1.807) is 23.2 Å². The van der Waals surface area contributed by atoms with Crippen LogP contribution in [0, 0.1) is 0 Å². The van der Waals surface area contributed by atoms with Crippen LogP contribution < -0.4 is 4.90 Å². The minimum Gasteiger partial charge on any atom is -0.335 e. The van der Waals surface area contributed by atoms with Gasteiger partial charge in [0.1, 0.15) is 5.82 Å². The first-order valence-corrected chi connectivity index (χ1v) is 10.5. The number of carbonyl (C=O) groups is 1. The SMILES string of the molecule is CCN(C(=O)c1ccc(N(C)c2ccccc2)nc1)C1CCS(=O)(=O)C1. The summed E-state index contributed by atoms with van der Waals surface area (Å²) in [7, 11) is -1.11. The van der Waals surface area contributed by atoms with Crippen LogP contribution in [-0.2, 0) is 9.84 Å². The third-order valence-corrected chi connectivity index (χ3v) is 6.48. The minimum atomic E-state index is -3.03. The Morgan fingerprint density at radius 2 is 1.92 bits per heavy atom. The Kier molecular flexibility index (Phi) is 5.27. The molecule has 0 radical (unpaired) electrons. The molecule has 0 bridgehead atoms. The Bertz CT molecular complexity index is 867. The van der Waals surface area contributed by atoms with Crippen LogP contribution in [0.25, 0.3) is 0 Å². The van der Waals surface area contributed by atoms with Gasteiger partial charge in [0.15, 0.2) is 9.84 Å². The molecule has 3 rings (SSSR count). The molecule has 1 aromatic heterocycles.